The molecule has 0 saturated heterocycles. The predicted molar refractivity (Wildman–Crippen MR) is 68.6 cm³/mol. The molecule has 0 aliphatic rings. The van der Waals surface area contributed by atoms with Crippen molar-refractivity contribution in [3.63, 3.8) is 0 Å². The highest BCUT2D eigenvalue weighted by atomic mass is 127. The maximum absolute atomic E-state index is 10.4. The second-order valence-corrected chi connectivity index (χ2v) is 4.57. The van der Waals surface area contributed by atoms with E-state index >= 15 is 0 Å². The zero-order chi connectivity index (χ0) is 11.5. The SMILES string of the molecule is CCC(N)C(O)(NN)c1ccccc1I. The Bertz CT molecular complexity index is 334. The highest BCUT2D eigenvalue weighted by Crippen LogP contribution is 2.26. The van der Waals surface area contributed by atoms with Gasteiger partial charge in [0, 0.05) is 9.13 Å². The Kier molecular flexibility index (Phi) is 4.47. The smallest absolute Gasteiger partial charge is 0.170 e. The first kappa shape index (κ1) is 12.9. The average molecular weight is 321 g/mol. The number of hydrogen-bond acceptors (Lipinski definition) is 4. The lowest BCUT2D eigenvalue weighted by atomic mass is 9.94. The van der Waals surface area contributed by atoms with Crippen LogP contribution < -0.4 is 17.0 Å². The molecule has 0 heterocycles. The van der Waals surface area contributed by atoms with Crippen LogP contribution in [0.5, 0.6) is 0 Å². The summed E-state index contributed by atoms with van der Waals surface area (Å²) in [6.45, 7) is 1.91. The molecule has 15 heavy (non-hydrogen) atoms. The Morgan fingerprint density at radius 1 is 1.53 bits per heavy atom. The minimum Gasteiger partial charge on any atom is -0.369 e. The Morgan fingerprint density at radius 2 is 2.13 bits per heavy atom. The van der Waals surface area contributed by atoms with Crippen LogP contribution in [0.4, 0.5) is 0 Å². The zero-order valence-corrected chi connectivity index (χ0v) is 10.7. The van der Waals surface area contributed by atoms with E-state index in [1.54, 1.807) is 0 Å². The van der Waals surface area contributed by atoms with Gasteiger partial charge in [-0.05, 0) is 35.1 Å². The molecule has 6 N–H and O–H groups in total. The number of nitrogens with two attached hydrogens (primary N) is 2. The molecule has 2 atom stereocenters. The van der Waals surface area contributed by atoms with Crippen LogP contribution in [0, 0.1) is 3.57 Å². The molecule has 0 radical (unpaired) electrons. The van der Waals surface area contributed by atoms with Gasteiger partial charge in [0.05, 0.1) is 6.04 Å². The van der Waals surface area contributed by atoms with E-state index in [4.69, 9.17) is 11.6 Å². The van der Waals surface area contributed by atoms with Gasteiger partial charge >= 0.3 is 0 Å². The molecule has 5 heteroatoms. The molecule has 0 fully saturated rings. The molecule has 0 aliphatic carbocycles. The number of nitrogens with one attached hydrogen (secondary N) is 1. The fourth-order valence-corrected chi connectivity index (χ4v) is 2.25. The van der Waals surface area contributed by atoms with Gasteiger partial charge in [0.2, 0.25) is 0 Å². The maximum atomic E-state index is 10.4. The van der Waals surface area contributed by atoms with Gasteiger partial charge in [0.15, 0.2) is 5.72 Å². The van der Waals surface area contributed by atoms with E-state index in [1.165, 1.54) is 0 Å². The van der Waals surface area contributed by atoms with Crippen LogP contribution in [0.1, 0.15) is 18.9 Å². The molecule has 1 aromatic rings. The first-order valence-electron chi connectivity index (χ1n) is 4.77. The third kappa shape index (κ3) is 2.48. The van der Waals surface area contributed by atoms with E-state index in [2.05, 4.69) is 28.0 Å². The summed E-state index contributed by atoms with van der Waals surface area (Å²) >= 11 is 2.15. The molecule has 84 valence electrons. The predicted octanol–water partition coefficient (Wildman–Crippen LogP) is 0.637. The topological polar surface area (TPSA) is 84.3 Å². The number of benzene rings is 1. The minimum absolute atomic E-state index is 0.446. The summed E-state index contributed by atoms with van der Waals surface area (Å²) in [5, 5.41) is 10.4. The van der Waals surface area contributed by atoms with E-state index in [0.717, 1.165) is 3.57 Å². The van der Waals surface area contributed by atoms with Crippen molar-refractivity contribution >= 4 is 22.6 Å². The second-order valence-electron chi connectivity index (χ2n) is 3.41. The summed E-state index contributed by atoms with van der Waals surface area (Å²) < 4.78 is 0.930. The molecule has 4 nitrogen and oxygen atoms in total. The van der Waals surface area contributed by atoms with Crippen molar-refractivity contribution in [1.82, 2.24) is 5.43 Å². The van der Waals surface area contributed by atoms with E-state index in [-0.39, 0.29) is 0 Å². The molecule has 1 aromatic carbocycles. The first-order valence-corrected chi connectivity index (χ1v) is 5.84. The summed E-state index contributed by atoms with van der Waals surface area (Å²) in [7, 11) is 0. The van der Waals surface area contributed by atoms with E-state index in [9.17, 15) is 5.11 Å². The van der Waals surface area contributed by atoms with Gasteiger partial charge in [-0.25, -0.2) is 5.43 Å². The van der Waals surface area contributed by atoms with Crippen LogP contribution in [0.2, 0.25) is 0 Å². The van der Waals surface area contributed by atoms with Crippen LogP contribution in [0.15, 0.2) is 24.3 Å². The fraction of sp³-hybridized carbons (Fsp3) is 0.400. The number of hydrazine groups is 1. The summed E-state index contributed by atoms with van der Waals surface area (Å²) in [5.74, 6) is 5.40. The maximum Gasteiger partial charge on any atom is 0.170 e. The molecule has 0 aromatic heterocycles. The molecule has 0 bridgehead atoms. The molecule has 1 rings (SSSR count). The number of rotatable bonds is 4. The lowest BCUT2D eigenvalue weighted by Gasteiger charge is -2.33. The number of halogens is 1. The molecule has 0 aliphatic heterocycles. The van der Waals surface area contributed by atoms with Gasteiger partial charge in [-0.3, -0.25) is 5.84 Å². The standard InChI is InChI=1S/C10H16IN3O/c1-2-9(12)10(15,14-13)7-5-3-4-6-8(7)11/h3-6,9,14-15H,2,12-13H2,1H3. The van der Waals surface area contributed by atoms with Crippen molar-refractivity contribution in [3.8, 4) is 0 Å². The highest BCUT2D eigenvalue weighted by molar-refractivity contribution is 14.1. The van der Waals surface area contributed by atoms with Crippen LogP contribution in [0.25, 0.3) is 0 Å². The highest BCUT2D eigenvalue weighted by Gasteiger charge is 2.35. The first-order chi connectivity index (χ1) is 7.06. The molecular weight excluding hydrogens is 305 g/mol. The molecule has 0 spiro atoms. The van der Waals surface area contributed by atoms with Crippen molar-refractivity contribution in [2.24, 2.45) is 11.6 Å². The minimum atomic E-state index is -1.37. The van der Waals surface area contributed by atoms with Crippen molar-refractivity contribution in [2.45, 2.75) is 25.1 Å². The van der Waals surface area contributed by atoms with Crippen molar-refractivity contribution < 1.29 is 5.11 Å². The molecule has 0 saturated carbocycles. The lowest BCUT2D eigenvalue weighted by molar-refractivity contribution is -0.0268. The summed E-state index contributed by atoms with van der Waals surface area (Å²) in [6.07, 6.45) is 0.631. The van der Waals surface area contributed by atoms with Crippen molar-refractivity contribution in [1.29, 1.82) is 0 Å². The van der Waals surface area contributed by atoms with Gasteiger partial charge in [-0.1, -0.05) is 25.1 Å². The summed E-state index contributed by atoms with van der Waals surface area (Å²) in [6, 6.07) is 7.03. The van der Waals surface area contributed by atoms with Crippen LogP contribution in [-0.2, 0) is 5.72 Å². The summed E-state index contributed by atoms with van der Waals surface area (Å²) in [5.41, 5.74) is 7.62. The number of hydrogen-bond donors (Lipinski definition) is 4. The Labute approximate surface area is 103 Å². The third-order valence-corrected chi connectivity index (χ3v) is 3.42. The van der Waals surface area contributed by atoms with Gasteiger partial charge in [-0.15, -0.1) is 0 Å². The fourth-order valence-electron chi connectivity index (χ4n) is 1.45. The average Bonchev–Trinajstić information content (AvgIpc) is 2.27. The summed E-state index contributed by atoms with van der Waals surface area (Å²) in [4.78, 5) is 0. The number of aliphatic hydroxyl groups is 1. The third-order valence-electron chi connectivity index (χ3n) is 2.48. The second kappa shape index (κ2) is 5.22. The van der Waals surface area contributed by atoms with Gasteiger partial charge < -0.3 is 10.8 Å². The lowest BCUT2D eigenvalue weighted by Crippen LogP contribution is -2.58. The van der Waals surface area contributed by atoms with Gasteiger partial charge in [0.25, 0.3) is 0 Å². The quantitative estimate of drug-likeness (QED) is 0.284. The normalized spacial score (nSPS) is 17.1. The van der Waals surface area contributed by atoms with Gasteiger partial charge in [0.1, 0.15) is 0 Å². The van der Waals surface area contributed by atoms with Gasteiger partial charge in [-0.2, -0.15) is 0 Å². The molecule has 2 unspecified atom stereocenters. The molecular formula is C10H16IN3O. The Morgan fingerprint density at radius 3 is 2.60 bits per heavy atom. The Hall–Kier alpha value is -0.210. The van der Waals surface area contributed by atoms with Crippen LogP contribution in [0.3, 0.4) is 0 Å². The van der Waals surface area contributed by atoms with Crippen LogP contribution >= 0.6 is 22.6 Å². The largest absolute Gasteiger partial charge is 0.369 e. The Balaban J connectivity index is 3.17. The monoisotopic (exact) mass is 321 g/mol. The zero-order valence-electron chi connectivity index (χ0n) is 8.57. The van der Waals surface area contributed by atoms with Crippen molar-refractivity contribution in [2.75, 3.05) is 0 Å². The van der Waals surface area contributed by atoms with E-state index < -0.39 is 11.8 Å². The van der Waals surface area contributed by atoms with Crippen molar-refractivity contribution in [3.05, 3.63) is 33.4 Å². The molecule has 0 amide bonds. The van der Waals surface area contributed by atoms with Crippen LogP contribution in [-0.4, -0.2) is 11.1 Å². The van der Waals surface area contributed by atoms with E-state index in [0.29, 0.717) is 12.0 Å². The van der Waals surface area contributed by atoms with E-state index in [1.807, 2.05) is 31.2 Å².